The van der Waals surface area contributed by atoms with Crippen molar-refractivity contribution in [3.63, 3.8) is 0 Å². The third-order valence-electron chi connectivity index (χ3n) is 12.4. The van der Waals surface area contributed by atoms with Gasteiger partial charge in [-0.1, -0.05) is 183 Å². The molecule has 1 unspecified atom stereocenters. The molecule has 1 atom stereocenters. The summed E-state index contributed by atoms with van der Waals surface area (Å²) in [7, 11) is 0. The Bertz CT molecular complexity index is 2640. The van der Waals surface area contributed by atoms with Crippen LogP contribution in [0.5, 0.6) is 0 Å². The van der Waals surface area contributed by atoms with Crippen molar-refractivity contribution < 1.29 is 0 Å². The van der Waals surface area contributed by atoms with Gasteiger partial charge in [0.15, 0.2) is 0 Å². The van der Waals surface area contributed by atoms with E-state index in [0.717, 1.165) is 17.1 Å². The van der Waals surface area contributed by atoms with E-state index in [4.69, 9.17) is 0 Å². The molecule has 7 aromatic carbocycles. The van der Waals surface area contributed by atoms with E-state index in [-0.39, 0.29) is 15.7 Å². The Hall–Kier alpha value is -5.70. The van der Waals surface area contributed by atoms with Gasteiger partial charge in [-0.2, -0.15) is 0 Å². The number of halogens is 1. The lowest BCUT2D eigenvalue weighted by Crippen LogP contribution is -2.18. The van der Waals surface area contributed by atoms with Crippen LogP contribution in [0.1, 0.15) is 55.5 Å². The Balaban J connectivity index is 1.15. The standard InChI is InChI=1S/C53H42BrN/c1-52(2)47-24-11-9-21-42(47)44-29-27-36(32-49(44)52)55(37-28-30-45-43-22-10-12-25-48(43)53(3,4)50(45)33-37)35-16-13-15-34(31-35)38-17-5-6-18-39(38)40-19-7-8-20-41(40)46-23-14-26-51(46)54/h5-33,51H,1-4H3. The van der Waals surface area contributed by atoms with Gasteiger partial charge in [0.25, 0.3) is 0 Å². The maximum absolute atomic E-state index is 3.89. The van der Waals surface area contributed by atoms with E-state index in [2.05, 4.69) is 224 Å². The molecular formula is C53H42BrN. The highest BCUT2D eigenvalue weighted by Gasteiger charge is 2.37. The van der Waals surface area contributed by atoms with Crippen LogP contribution in [0.3, 0.4) is 0 Å². The Morgan fingerprint density at radius 2 is 0.873 bits per heavy atom. The largest absolute Gasteiger partial charge is 0.310 e. The number of allylic oxidation sites excluding steroid dienone is 4. The van der Waals surface area contributed by atoms with Gasteiger partial charge in [-0.3, -0.25) is 0 Å². The zero-order chi connectivity index (χ0) is 37.5. The minimum atomic E-state index is -0.109. The number of alkyl halides is 1. The minimum Gasteiger partial charge on any atom is -0.310 e. The highest BCUT2D eigenvalue weighted by molar-refractivity contribution is 9.10. The Morgan fingerprint density at radius 3 is 1.42 bits per heavy atom. The van der Waals surface area contributed by atoms with Crippen LogP contribution in [0.15, 0.2) is 176 Å². The molecule has 1 nitrogen and oxygen atoms in total. The van der Waals surface area contributed by atoms with Crippen molar-refractivity contribution in [1.82, 2.24) is 0 Å². The number of hydrogen-bond donors (Lipinski definition) is 0. The molecule has 0 radical (unpaired) electrons. The molecule has 55 heavy (non-hydrogen) atoms. The van der Waals surface area contributed by atoms with Crippen LogP contribution in [-0.2, 0) is 10.8 Å². The van der Waals surface area contributed by atoms with Crippen LogP contribution in [0.25, 0.3) is 50.1 Å². The Kier molecular flexibility index (Phi) is 7.80. The first-order valence-electron chi connectivity index (χ1n) is 19.3. The summed E-state index contributed by atoms with van der Waals surface area (Å²) in [5.74, 6) is 0. The van der Waals surface area contributed by atoms with Crippen molar-refractivity contribution in [3.8, 4) is 44.5 Å². The Labute approximate surface area is 333 Å². The van der Waals surface area contributed by atoms with Crippen molar-refractivity contribution in [2.75, 3.05) is 4.90 Å². The molecule has 0 amide bonds. The molecule has 7 aromatic rings. The minimum absolute atomic E-state index is 0.109. The number of benzene rings is 7. The lowest BCUT2D eigenvalue weighted by molar-refractivity contribution is 0.660. The zero-order valence-corrected chi connectivity index (χ0v) is 33.2. The predicted molar refractivity (Wildman–Crippen MR) is 237 cm³/mol. The van der Waals surface area contributed by atoms with Crippen LogP contribution in [-0.4, -0.2) is 4.83 Å². The van der Waals surface area contributed by atoms with Gasteiger partial charge in [0, 0.05) is 27.9 Å². The topological polar surface area (TPSA) is 3.24 Å². The summed E-state index contributed by atoms with van der Waals surface area (Å²) in [5, 5.41) is 0. The third kappa shape index (κ3) is 5.26. The maximum Gasteiger partial charge on any atom is 0.0584 e. The van der Waals surface area contributed by atoms with Crippen molar-refractivity contribution in [3.05, 3.63) is 204 Å². The molecule has 0 aliphatic heterocycles. The second-order valence-electron chi connectivity index (χ2n) is 16.2. The number of anilines is 3. The van der Waals surface area contributed by atoms with E-state index >= 15 is 0 Å². The van der Waals surface area contributed by atoms with Crippen molar-refractivity contribution in [2.24, 2.45) is 0 Å². The first-order valence-corrected chi connectivity index (χ1v) is 20.2. The zero-order valence-electron chi connectivity index (χ0n) is 31.6. The Morgan fingerprint density at radius 1 is 0.418 bits per heavy atom. The summed E-state index contributed by atoms with van der Waals surface area (Å²) < 4.78 is 0. The van der Waals surface area contributed by atoms with Crippen LogP contribution in [0.2, 0.25) is 0 Å². The third-order valence-corrected chi connectivity index (χ3v) is 13.2. The van der Waals surface area contributed by atoms with Gasteiger partial charge in [0.1, 0.15) is 0 Å². The van der Waals surface area contributed by atoms with Gasteiger partial charge in [-0.05, 0) is 114 Å². The number of nitrogens with zero attached hydrogens (tertiary/aromatic N) is 1. The molecule has 3 aliphatic rings. The molecule has 3 aliphatic carbocycles. The van der Waals surface area contributed by atoms with Crippen LogP contribution >= 0.6 is 15.9 Å². The highest BCUT2D eigenvalue weighted by Crippen LogP contribution is 2.53. The summed E-state index contributed by atoms with van der Waals surface area (Å²) in [6.07, 6.45) is 6.58. The monoisotopic (exact) mass is 771 g/mol. The fourth-order valence-corrected chi connectivity index (χ4v) is 10.1. The van der Waals surface area contributed by atoms with Gasteiger partial charge in [0.2, 0.25) is 0 Å². The molecule has 2 heteroatoms. The van der Waals surface area contributed by atoms with Gasteiger partial charge in [-0.25, -0.2) is 0 Å². The van der Waals surface area contributed by atoms with Gasteiger partial charge in [-0.15, -0.1) is 0 Å². The summed E-state index contributed by atoms with van der Waals surface area (Å²) >= 11 is 3.89. The SMILES string of the molecule is CC1(C)c2ccccc2-c2ccc(N(c3cccc(-c4ccccc4-c4ccccc4C4=CC=CC4Br)c3)c3ccc4c(c3)C(C)(C)c3ccccc3-4)cc21. The second kappa shape index (κ2) is 12.7. The van der Waals surface area contributed by atoms with Crippen molar-refractivity contribution >= 4 is 38.6 Å². The summed E-state index contributed by atoms with van der Waals surface area (Å²) in [4.78, 5) is 2.68. The fourth-order valence-electron chi connectivity index (χ4n) is 9.55. The van der Waals surface area contributed by atoms with Crippen LogP contribution in [0, 0.1) is 0 Å². The normalized spacial score (nSPS) is 16.6. The molecule has 0 spiro atoms. The number of fused-ring (bicyclic) bond motifs is 6. The number of rotatable bonds is 6. The second-order valence-corrected chi connectivity index (χ2v) is 17.2. The first-order chi connectivity index (χ1) is 26.7. The van der Waals surface area contributed by atoms with E-state index in [0.29, 0.717) is 0 Å². The van der Waals surface area contributed by atoms with E-state index < -0.39 is 0 Å². The molecule has 0 aromatic heterocycles. The average molecular weight is 773 g/mol. The summed E-state index contributed by atoms with van der Waals surface area (Å²) in [5.41, 5.74) is 21.5. The van der Waals surface area contributed by atoms with Gasteiger partial charge < -0.3 is 4.90 Å². The molecule has 0 N–H and O–H groups in total. The molecular weight excluding hydrogens is 730 g/mol. The summed E-state index contributed by atoms with van der Waals surface area (Å²) in [6.45, 7) is 9.47. The van der Waals surface area contributed by atoms with Crippen molar-refractivity contribution in [2.45, 2.75) is 43.4 Å². The lowest BCUT2D eigenvalue weighted by Gasteiger charge is -2.30. The van der Waals surface area contributed by atoms with Gasteiger partial charge >= 0.3 is 0 Å². The van der Waals surface area contributed by atoms with E-state index in [1.807, 2.05) is 0 Å². The number of hydrogen-bond acceptors (Lipinski definition) is 1. The smallest absolute Gasteiger partial charge is 0.0584 e. The molecule has 266 valence electrons. The average Bonchev–Trinajstić information content (AvgIpc) is 3.82. The lowest BCUT2D eigenvalue weighted by atomic mass is 9.82. The van der Waals surface area contributed by atoms with Crippen LogP contribution < -0.4 is 4.90 Å². The molecule has 0 saturated heterocycles. The highest BCUT2D eigenvalue weighted by atomic mass is 79.9. The van der Waals surface area contributed by atoms with Crippen molar-refractivity contribution in [1.29, 1.82) is 0 Å². The first kappa shape index (κ1) is 33.8. The summed E-state index contributed by atoms with van der Waals surface area (Å²) in [6, 6.07) is 58.8. The fraction of sp³-hybridized carbons (Fsp3) is 0.132. The maximum atomic E-state index is 3.89. The van der Waals surface area contributed by atoms with E-state index in [9.17, 15) is 0 Å². The molecule has 0 fully saturated rings. The predicted octanol–water partition coefficient (Wildman–Crippen LogP) is 14.8. The van der Waals surface area contributed by atoms with Gasteiger partial charge in [0.05, 0.1) is 4.83 Å². The molecule has 0 heterocycles. The molecule has 10 rings (SSSR count). The van der Waals surface area contributed by atoms with E-state index in [1.165, 1.54) is 77.9 Å². The molecule has 0 saturated carbocycles. The van der Waals surface area contributed by atoms with Crippen LogP contribution in [0.4, 0.5) is 17.1 Å². The van der Waals surface area contributed by atoms with E-state index in [1.54, 1.807) is 0 Å². The quantitative estimate of drug-likeness (QED) is 0.152. The molecule has 0 bridgehead atoms.